The fraction of sp³-hybridized carbons (Fsp3) is 0.375. The van der Waals surface area contributed by atoms with E-state index >= 15 is 0 Å². The zero-order chi connectivity index (χ0) is 18.0. The van der Waals surface area contributed by atoms with Gasteiger partial charge in [-0.2, -0.15) is 0 Å². The first kappa shape index (κ1) is 18.4. The minimum atomic E-state index is -3.73. The third-order valence-corrected chi connectivity index (χ3v) is 6.83. The number of hydrogen-bond donors (Lipinski definition) is 1. The van der Waals surface area contributed by atoms with Gasteiger partial charge in [0.1, 0.15) is 5.82 Å². The first-order valence-corrected chi connectivity index (χ1v) is 11.4. The van der Waals surface area contributed by atoms with Gasteiger partial charge in [-0.1, -0.05) is 25.1 Å². The molecule has 0 radical (unpaired) electrons. The Morgan fingerprint density at radius 2 is 2.12 bits per heavy atom. The summed E-state index contributed by atoms with van der Waals surface area (Å²) in [5, 5.41) is 7.27. The molecule has 3 rings (SSSR count). The van der Waals surface area contributed by atoms with Crippen molar-refractivity contribution in [2.45, 2.75) is 48.2 Å². The fourth-order valence-corrected chi connectivity index (χ4v) is 4.87. The smallest absolute Gasteiger partial charge is 0.238 e. The van der Waals surface area contributed by atoms with Crippen molar-refractivity contribution in [1.29, 1.82) is 0 Å². The maximum Gasteiger partial charge on any atom is 0.238 e. The Balaban J connectivity index is 1.96. The first-order valence-electron chi connectivity index (χ1n) is 7.95. The molecule has 2 heterocycles. The molecule has 2 N–H and O–H groups in total. The largest absolute Gasteiger partial charge is 0.327 e. The molecule has 0 aliphatic rings. The fourth-order valence-electron chi connectivity index (χ4n) is 2.54. The summed E-state index contributed by atoms with van der Waals surface area (Å²) < 4.78 is 26.3. The highest BCUT2D eigenvalue weighted by atomic mass is 32.2. The summed E-state index contributed by atoms with van der Waals surface area (Å²) in [6.07, 6.45) is 2.11. The number of thioether (sulfide) groups is 1. The third kappa shape index (κ3) is 4.22. The Labute approximate surface area is 155 Å². The maximum atomic E-state index is 11.6. The summed E-state index contributed by atoms with van der Waals surface area (Å²) in [7, 11) is -3.73. The lowest BCUT2D eigenvalue weighted by atomic mass is 10.3. The van der Waals surface area contributed by atoms with Gasteiger partial charge in [0.15, 0.2) is 4.34 Å². The zero-order valence-electron chi connectivity index (χ0n) is 14.1. The van der Waals surface area contributed by atoms with Crippen LogP contribution in [0.4, 0.5) is 0 Å². The molecule has 6 nitrogen and oxygen atoms in total. The van der Waals surface area contributed by atoms with Crippen molar-refractivity contribution < 1.29 is 8.42 Å². The predicted molar refractivity (Wildman–Crippen MR) is 102 cm³/mol. The second-order valence-electron chi connectivity index (χ2n) is 5.77. The number of unbranched alkanes of at least 4 members (excludes halogenated alkanes) is 1. The van der Waals surface area contributed by atoms with Crippen molar-refractivity contribution in [1.82, 2.24) is 14.5 Å². The third-order valence-electron chi connectivity index (χ3n) is 3.79. The number of rotatable bonds is 7. The monoisotopic (exact) mass is 396 g/mol. The molecule has 3 aromatic rings. The number of benzene rings is 1. The lowest BCUT2D eigenvalue weighted by Gasteiger charge is -2.08. The quantitative estimate of drug-likeness (QED) is 0.617. The second kappa shape index (κ2) is 7.45. The van der Waals surface area contributed by atoms with Gasteiger partial charge in [-0.15, -0.1) is 11.3 Å². The van der Waals surface area contributed by atoms with Crippen LogP contribution in [0.15, 0.2) is 32.8 Å². The van der Waals surface area contributed by atoms with Crippen LogP contribution in [0.5, 0.6) is 0 Å². The van der Waals surface area contributed by atoms with E-state index in [0.29, 0.717) is 11.3 Å². The number of nitrogens with zero attached hydrogens (tertiary/aromatic N) is 3. The number of hydrogen-bond acceptors (Lipinski definition) is 6. The molecule has 134 valence electrons. The molecule has 0 saturated heterocycles. The van der Waals surface area contributed by atoms with E-state index in [2.05, 4.69) is 21.5 Å². The number of primary sulfonamides is 1. The lowest BCUT2D eigenvalue weighted by Crippen LogP contribution is -2.11. The molecule has 0 bridgehead atoms. The van der Waals surface area contributed by atoms with Crippen molar-refractivity contribution in [3.63, 3.8) is 0 Å². The normalized spacial score (nSPS) is 12.1. The molecule has 9 heteroatoms. The van der Waals surface area contributed by atoms with E-state index in [9.17, 15) is 8.42 Å². The minimum Gasteiger partial charge on any atom is -0.327 e. The van der Waals surface area contributed by atoms with Crippen LogP contribution in [-0.4, -0.2) is 23.0 Å². The van der Waals surface area contributed by atoms with Gasteiger partial charge in [-0.05, 0) is 31.5 Å². The van der Waals surface area contributed by atoms with Crippen LogP contribution in [0.1, 0.15) is 31.3 Å². The summed E-state index contributed by atoms with van der Waals surface area (Å²) in [5.74, 6) is 1.61. The maximum absolute atomic E-state index is 11.6. The summed E-state index contributed by atoms with van der Waals surface area (Å²) in [6, 6.07) is 4.89. The molecule has 0 spiro atoms. The molecule has 0 aliphatic heterocycles. The highest BCUT2D eigenvalue weighted by molar-refractivity contribution is 8.00. The Hall–Kier alpha value is -1.42. The van der Waals surface area contributed by atoms with E-state index in [1.807, 2.05) is 12.3 Å². The average Bonchev–Trinajstić information content (AvgIpc) is 3.12. The van der Waals surface area contributed by atoms with Crippen LogP contribution in [-0.2, 0) is 22.3 Å². The van der Waals surface area contributed by atoms with Crippen LogP contribution in [0.25, 0.3) is 11.0 Å². The van der Waals surface area contributed by atoms with Crippen molar-refractivity contribution in [3.05, 3.63) is 35.1 Å². The molecule has 0 aliphatic carbocycles. The molecular weight excluding hydrogens is 376 g/mol. The van der Waals surface area contributed by atoms with Gasteiger partial charge in [-0.25, -0.2) is 23.5 Å². The number of nitrogens with two attached hydrogens (primary N) is 1. The second-order valence-corrected chi connectivity index (χ2v) is 9.41. The van der Waals surface area contributed by atoms with E-state index in [1.54, 1.807) is 41.3 Å². The van der Waals surface area contributed by atoms with Crippen molar-refractivity contribution in [3.8, 4) is 0 Å². The first-order chi connectivity index (χ1) is 11.9. The van der Waals surface area contributed by atoms with E-state index in [0.717, 1.165) is 40.8 Å². The molecule has 1 aromatic carbocycles. The van der Waals surface area contributed by atoms with Crippen LogP contribution in [0, 0.1) is 6.92 Å². The number of sulfonamides is 1. The Bertz CT molecular complexity index is 992. The summed E-state index contributed by atoms with van der Waals surface area (Å²) in [5.41, 5.74) is 2.62. The van der Waals surface area contributed by atoms with Crippen molar-refractivity contribution in [2.75, 3.05) is 0 Å². The van der Waals surface area contributed by atoms with Gasteiger partial charge >= 0.3 is 0 Å². The SMILES string of the molecule is CCCCn1c(CSc2nc(C)cs2)nc2cc(S(N)(=O)=O)ccc21. The number of imidazole rings is 1. The van der Waals surface area contributed by atoms with Crippen LogP contribution in [0.3, 0.4) is 0 Å². The van der Waals surface area contributed by atoms with Gasteiger partial charge in [-0.3, -0.25) is 0 Å². The summed E-state index contributed by atoms with van der Waals surface area (Å²) in [6.45, 7) is 4.98. The van der Waals surface area contributed by atoms with Gasteiger partial charge in [0.2, 0.25) is 10.0 Å². The number of aromatic nitrogens is 3. The number of aryl methyl sites for hydroxylation is 2. The molecule has 2 aromatic heterocycles. The van der Waals surface area contributed by atoms with E-state index < -0.39 is 10.0 Å². The van der Waals surface area contributed by atoms with E-state index in [4.69, 9.17) is 5.14 Å². The average molecular weight is 397 g/mol. The van der Waals surface area contributed by atoms with Gasteiger partial charge in [0.05, 0.1) is 21.7 Å². The molecule has 0 unspecified atom stereocenters. The van der Waals surface area contributed by atoms with Crippen LogP contribution >= 0.6 is 23.1 Å². The highest BCUT2D eigenvalue weighted by Gasteiger charge is 2.15. The molecule has 0 saturated carbocycles. The van der Waals surface area contributed by atoms with Gasteiger partial charge in [0, 0.05) is 17.6 Å². The predicted octanol–water partition coefficient (Wildman–Crippen LogP) is 3.54. The molecular formula is C16H20N4O2S3. The molecule has 0 amide bonds. The van der Waals surface area contributed by atoms with Crippen molar-refractivity contribution in [2.24, 2.45) is 5.14 Å². The minimum absolute atomic E-state index is 0.0925. The Morgan fingerprint density at radius 3 is 2.76 bits per heavy atom. The zero-order valence-corrected chi connectivity index (χ0v) is 16.5. The van der Waals surface area contributed by atoms with E-state index in [-0.39, 0.29) is 4.90 Å². The van der Waals surface area contributed by atoms with E-state index in [1.165, 1.54) is 0 Å². The van der Waals surface area contributed by atoms with Crippen LogP contribution in [0.2, 0.25) is 0 Å². The topological polar surface area (TPSA) is 90.9 Å². The van der Waals surface area contributed by atoms with Crippen molar-refractivity contribution >= 4 is 44.2 Å². The molecule has 0 atom stereocenters. The Kier molecular flexibility index (Phi) is 5.47. The van der Waals surface area contributed by atoms with Gasteiger partial charge in [0.25, 0.3) is 0 Å². The Morgan fingerprint density at radius 1 is 1.32 bits per heavy atom. The standard InChI is InChI=1S/C16H20N4O2S3/c1-3-4-7-20-14-6-5-12(25(17,21)22)8-13(14)19-15(20)10-24-16-18-11(2)9-23-16/h5-6,8-9H,3-4,7,10H2,1-2H3,(H2,17,21,22). The molecule has 0 fully saturated rings. The summed E-state index contributed by atoms with van der Waals surface area (Å²) >= 11 is 3.27. The number of fused-ring (bicyclic) bond motifs is 1. The number of thiazole rings is 1. The highest BCUT2D eigenvalue weighted by Crippen LogP contribution is 2.28. The van der Waals surface area contributed by atoms with Crippen LogP contribution < -0.4 is 5.14 Å². The molecule has 25 heavy (non-hydrogen) atoms. The summed E-state index contributed by atoms with van der Waals surface area (Å²) in [4.78, 5) is 9.22. The lowest BCUT2D eigenvalue weighted by molar-refractivity contribution is 0.598. The van der Waals surface area contributed by atoms with Gasteiger partial charge < -0.3 is 4.57 Å².